The van der Waals surface area contributed by atoms with E-state index in [1.165, 1.54) is 4.90 Å². The maximum Gasteiger partial charge on any atom is 0.259 e. The molecule has 2 N–H and O–H groups in total. The number of carbonyl (C=O) groups is 2. The minimum absolute atomic E-state index is 0.0262. The van der Waals surface area contributed by atoms with Crippen LogP contribution in [0.15, 0.2) is 55.1 Å². The summed E-state index contributed by atoms with van der Waals surface area (Å²) in [5.41, 5.74) is 2.66. The lowest BCUT2D eigenvalue weighted by atomic mass is 10.1. The van der Waals surface area contributed by atoms with Gasteiger partial charge >= 0.3 is 0 Å². The molecule has 1 aliphatic heterocycles. The van der Waals surface area contributed by atoms with E-state index in [1.807, 2.05) is 6.07 Å². The van der Waals surface area contributed by atoms with Crippen LogP contribution in [0, 0.1) is 0 Å². The molecule has 0 spiro atoms. The number of amides is 2. The second kappa shape index (κ2) is 7.24. The zero-order chi connectivity index (χ0) is 19.6. The first-order valence-corrected chi connectivity index (χ1v) is 9.96. The van der Waals surface area contributed by atoms with Gasteiger partial charge in [0.05, 0.1) is 5.75 Å². The number of rotatable bonds is 6. The van der Waals surface area contributed by atoms with Crippen molar-refractivity contribution < 1.29 is 18.0 Å². The number of anilines is 2. The molecule has 2 amide bonds. The van der Waals surface area contributed by atoms with Crippen molar-refractivity contribution in [1.82, 2.24) is 4.90 Å². The Morgan fingerprint density at radius 3 is 2.22 bits per heavy atom. The quantitative estimate of drug-likeness (QED) is 0.799. The second-order valence-electron chi connectivity index (χ2n) is 6.01. The fourth-order valence-corrected chi connectivity index (χ4v) is 3.36. The van der Waals surface area contributed by atoms with Crippen molar-refractivity contribution in [2.24, 2.45) is 0 Å². The molecule has 1 aliphatic rings. The van der Waals surface area contributed by atoms with Crippen LogP contribution in [0.3, 0.4) is 0 Å². The molecule has 0 aromatic heterocycles. The maximum atomic E-state index is 12.4. The van der Waals surface area contributed by atoms with E-state index in [4.69, 9.17) is 0 Å². The Morgan fingerprint density at radius 1 is 1.04 bits per heavy atom. The van der Waals surface area contributed by atoms with Crippen LogP contribution in [-0.2, 0) is 14.8 Å². The number of nitrogens with zero attached hydrogens (tertiary/aromatic N) is 1. The molecule has 2 aromatic rings. The smallest absolute Gasteiger partial charge is 0.259 e. The second-order valence-corrected chi connectivity index (χ2v) is 8.03. The molecule has 3 rings (SSSR count). The van der Waals surface area contributed by atoms with Gasteiger partial charge in [0.15, 0.2) is 0 Å². The van der Waals surface area contributed by atoms with Crippen LogP contribution >= 0.6 is 0 Å². The molecule has 0 saturated heterocycles. The molecule has 0 fully saturated rings. The summed E-state index contributed by atoms with van der Waals surface area (Å²) >= 11 is 0. The Balaban J connectivity index is 1.63. The van der Waals surface area contributed by atoms with Crippen molar-refractivity contribution in [2.75, 3.05) is 22.3 Å². The van der Waals surface area contributed by atoms with Gasteiger partial charge in [0.1, 0.15) is 6.54 Å². The Kier molecular flexibility index (Phi) is 5.00. The third-order valence-corrected chi connectivity index (χ3v) is 5.47. The molecule has 0 saturated carbocycles. The summed E-state index contributed by atoms with van der Waals surface area (Å²) in [7, 11) is -3.35. The SMILES string of the molecule is C=C1c2ccccc2C(=O)N1CC(=O)Nc1ccc(NS(=O)(=O)CC)cc1. The van der Waals surface area contributed by atoms with Crippen LogP contribution in [0.25, 0.3) is 5.70 Å². The molecule has 8 heteroatoms. The lowest BCUT2D eigenvalue weighted by molar-refractivity contribution is -0.116. The maximum absolute atomic E-state index is 12.4. The van der Waals surface area contributed by atoms with Crippen molar-refractivity contribution in [3.8, 4) is 0 Å². The minimum Gasteiger partial charge on any atom is -0.325 e. The van der Waals surface area contributed by atoms with E-state index < -0.39 is 10.0 Å². The van der Waals surface area contributed by atoms with Crippen molar-refractivity contribution in [2.45, 2.75) is 6.92 Å². The lowest BCUT2D eigenvalue weighted by Gasteiger charge is -2.17. The van der Waals surface area contributed by atoms with E-state index in [0.29, 0.717) is 22.6 Å². The molecule has 0 radical (unpaired) electrons. The van der Waals surface area contributed by atoms with E-state index in [-0.39, 0.29) is 24.1 Å². The first kappa shape index (κ1) is 18.7. The van der Waals surface area contributed by atoms with Crippen LogP contribution in [0.1, 0.15) is 22.8 Å². The fourth-order valence-electron chi connectivity index (χ4n) is 2.72. The van der Waals surface area contributed by atoms with Crippen molar-refractivity contribution in [3.63, 3.8) is 0 Å². The molecule has 2 aromatic carbocycles. The topological polar surface area (TPSA) is 95.6 Å². The van der Waals surface area contributed by atoms with Crippen molar-refractivity contribution in [1.29, 1.82) is 0 Å². The predicted molar refractivity (Wildman–Crippen MR) is 105 cm³/mol. The molecular formula is C19H19N3O4S. The van der Waals surface area contributed by atoms with Gasteiger partial charge in [-0.1, -0.05) is 24.8 Å². The minimum atomic E-state index is -3.35. The predicted octanol–water partition coefficient (Wildman–Crippen LogP) is 2.51. The Hall–Kier alpha value is -3.13. The van der Waals surface area contributed by atoms with Gasteiger partial charge in [-0.15, -0.1) is 0 Å². The van der Waals surface area contributed by atoms with E-state index >= 15 is 0 Å². The largest absolute Gasteiger partial charge is 0.325 e. The highest BCUT2D eigenvalue weighted by molar-refractivity contribution is 7.92. The average Bonchev–Trinajstić information content (AvgIpc) is 2.88. The van der Waals surface area contributed by atoms with Crippen molar-refractivity contribution in [3.05, 3.63) is 66.2 Å². The fraction of sp³-hybridized carbons (Fsp3) is 0.158. The summed E-state index contributed by atoms with van der Waals surface area (Å²) in [4.78, 5) is 26.1. The van der Waals surface area contributed by atoms with E-state index in [1.54, 1.807) is 49.4 Å². The van der Waals surface area contributed by atoms with Gasteiger partial charge in [-0.2, -0.15) is 0 Å². The van der Waals surface area contributed by atoms with Gasteiger partial charge < -0.3 is 5.32 Å². The average molecular weight is 385 g/mol. The summed E-state index contributed by atoms with van der Waals surface area (Å²) in [6.45, 7) is 5.29. The van der Waals surface area contributed by atoms with Crippen LogP contribution in [0.4, 0.5) is 11.4 Å². The molecule has 7 nitrogen and oxygen atoms in total. The van der Waals surface area contributed by atoms with Gasteiger partial charge in [-0.25, -0.2) is 8.42 Å². The van der Waals surface area contributed by atoms with Gasteiger partial charge in [-0.05, 0) is 37.3 Å². The molecule has 0 aliphatic carbocycles. The van der Waals surface area contributed by atoms with Crippen molar-refractivity contribution >= 4 is 38.9 Å². The first-order chi connectivity index (χ1) is 12.8. The van der Waals surface area contributed by atoms with Gasteiger partial charge in [0.25, 0.3) is 5.91 Å². The van der Waals surface area contributed by atoms with Crippen LogP contribution < -0.4 is 10.0 Å². The molecular weight excluding hydrogens is 366 g/mol. The van der Waals surface area contributed by atoms with Crippen LogP contribution in [0.5, 0.6) is 0 Å². The standard InChI is InChI=1S/C19H19N3O4S/c1-3-27(25,26)21-15-10-8-14(9-11-15)20-18(23)12-22-13(2)16-6-4-5-7-17(16)19(22)24/h4-11,21H,2-3,12H2,1H3,(H,20,23). The normalized spacial score (nSPS) is 13.4. The lowest BCUT2D eigenvalue weighted by Crippen LogP contribution is -2.32. The number of fused-ring (bicyclic) bond motifs is 1. The highest BCUT2D eigenvalue weighted by Gasteiger charge is 2.31. The van der Waals surface area contributed by atoms with E-state index in [9.17, 15) is 18.0 Å². The van der Waals surface area contributed by atoms with E-state index in [2.05, 4.69) is 16.6 Å². The Labute approximate surface area is 157 Å². The molecule has 27 heavy (non-hydrogen) atoms. The van der Waals surface area contributed by atoms with Gasteiger partial charge in [-0.3, -0.25) is 19.2 Å². The first-order valence-electron chi connectivity index (χ1n) is 8.31. The number of sulfonamides is 1. The molecule has 0 atom stereocenters. The zero-order valence-electron chi connectivity index (χ0n) is 14.7. The third-order valence-electron chi connectivity index (χ3n) is 4.16. The van der Waals surface area contributed by atoms with Crippen LogP contribution in [0.2, 0.25) is 0 Å². The highest BCUT2D eigenvalue weighted by atomic mass is 32.2. The van der Waals surface area contributed by atoms with Gasteiger partial charge in [0.2, 0.25) is 15.9 Å². The summed E-state index contributed by atoms with van der Waals surface area (Å²) in [5, 5.41) is 2.69. The molecule has 0 bridgehead atoms. The zero-order valence-corrected chi connectivity index (χ0v) is 15.5. The molecule has 1 heterocycles. The number of hydrogen-bond donors (Lipinski definition) is 2. The summed E-state index contributed by atoms with van der Waals surface area (Å²) < 4.78 is 25.5. The number of nitrogens with one attached hydrogen (secondary N) is 2. The monoisotopic (exact) mass is 385 g/mol. The van der Waals surface area contributed by atoms with Crippen LogP contribution in [-0.4, -0.2) is 37.4 Å². The number of benzene rings is 2. The summed E-state index contributed by atoms with van der Waals surface area (Å²) in [5.74, 6) is -0.656. The molecule has 140 valence electrons. The third kappa shape index (κ3) is 4.01. The molecule has 0 unspecified atom stereocenters. The Bertz CT molecular complexity index is 979. The van der Waals surface area contributed by atoms with Gasteiger partial charge in [0, 0.05) is 28.2 Å². The Morgan fingerprint density at radius 2 is 1.63 bits per heavy atom. The highest BCUT2D eigenvalue weighted by Crippen LogP contribution is 2.30. The number of hydrogen-bond acceptors (Lipinski definition) is 4. The number of carbonyl (C=O) groups excluding carboxylic acids is 2. The summed E-state index contributed by atoms with van der Waals surface area (Å²) in [6.07, 6.45) is 0. The van der Waals surface area contributed by atoms with E-state index in [0.717, 1.165) is 5.56 Å². The summed E-state index contributed by atoms with van der Waals surface area (Å²) in [6, 6.07) is 13.4.